The van der Waals surface area contributed by atoms with E-state index in [1.54, 1.807) is 24.3 Å². The SMILES string of the molecule is Oc1ccc(OBOc2ccc(O)cc2)cc1. The van der Waals surface area contributed by atoms with Crippen LogP contribution in [0.5, 0.6) is 23.0 Å². The Morgan fingerprint density at radius 3 is 1.35 bits per heavy atom. The maximum atomic E-state index is 9.08. The molecule has 17 heavy (non-hydrogen) atoms. The molecule has 0 saturated carbocycles. The van der Waals surface area contributed by atoms with E-state index >= 15 is 0 Å². The van der Waals surface area contributed by atoms with Gasteiger partial charge in [-0.2, -0.15) is 0 Å². The summed E-state index contributed by atoms with van der Waals surface area (Å²) in [5, 5.41) is 18.2. The summed E-state index contributed by atoms with van der Waals surface area (Å²) in [6.07, 6.45) is 0. The summed E-state index contributed by atoms with van der Waals surface area (Å²) in [5.41, 5.74) is 0. The number of hydrogen-bond donors (Lipinski definition) is 2. The molecular weight excluding hydrogens is 219 g/mol. The van der Waals surface area contributed by atoms with Gasteiger partial charge < -0.3 is 19.5 Å². The van der Waals surface area contributed by atoms with Crippen molar-refractivity contribution >= 4 is 7.69 Å². The summed E-state index contributed by atoms with van der Waals surface area (Å²) in [4.78, 5) is 0. The zero-order valence-electron chi connectivity index (χ0n) is 9.04. The maximum Gasteiger partial charge on any atom is 0.576 e. The van der Waals surface area contributed by atoms with E-state index in [2.05, 4.69) is 0 Å². The molecule has 0 fully saturated rings. The molecule has 0 aliphatic heterocycles. The number of benzene rings is 2. The van der Waals surface area contributed by atoms with Crippen LogP contribution in [-0.4, -0.2) is 17.9 Å². The lowest BCUT2D eigenvalue weighted by Crippen LogP contribution is -2.10. The lowest BCUT2D eigenvalue weighted by Gasteiger charge is -2.07. The number of phenols is 2. The Hall–Kier alpha value is -2.30. The van der Waals surface area contributed by atoms with Gasteiger partial charge in [-0.25, -0.2) is 0 Å². The van der Waals surface area contributed by atoms with Gasteiger partial charge in [-0.1, -0.05) is 0 Å². The van der Waals surface area contributed by atoms with Gasteiger partial charge >= 0.3 is 7.69 Å². The highest BCUT2D eigenvalue weighted by molar-refractivity contribution is 6.20. The lowest BCUT2D eigenvalue weighted by molar-refractivity contribution is 0.450. The standard InChI is InChI=1S/C12H11BO4/c14-9-1-5-11(6-2-9)16-13-17-12-7-3-10(15)4-8-12/h1-8,13-15H. The average Bonchev–Trinajstić information content (AvgIpc) is 2.34. The first-order chi connectivity index (χ1) is 8.24. The van der Waals surface area contributed by atoms with Gasteiger partial charge in [0.2, 0.25) is 0 Å². The first-order valence-electron chi connectivity index (χ1n) is 5.08. The highest BCUT2D eigenvalue weighted by Gasteiger charge is 1.99. The van der Waals surface area contributed by atoms with E-state index in [1.165, 1.54) is 24.3 Å². The molecule has 0 spiro atoms. The molecule has 0 bridgehead atoms. The Morgan fingerprint density at radius 1 is 0.647 bits per heavy atom. The fourth-order valence-corrected chi connectivity index (χ4v) is 1.25. The van der Waals surface area contributed by atoms with Crippen LogP contribution in [0.3, 0.4) is 0 Å². The number of rotatable bonds is 4. The molecule has 0 amide bonds. The van der Waals surface area contributed by atoms with Crippen molar-refractivity contribution in [2.24, 2.45) is 0 Å². The molecule has 0 heterocycles. The minimum atomic E-state index is 0.0650. The Morgan fingerprint density at radius 2 is 1.00 bits per heavy atom. The summed E-state index contributed by atoms with van der Waals surface area (Å²) in [6.45, 7) is 0. The molecule has 0 saturated heterocycles. The summed E-state index contributed by atoms with van der Waals surface area (Å²) < 4.78 is 10.6. The van der Waals surface area contributed by atoms with E-state index in [0.717, 1.165) is 0 Å². The molecule has 0 radical (unpaired) electrons. The highest BCUT2D eigenvalue weighted by atomic mass is 16.6. The molecule has 0 aliphatic rings. The number of phenolic OH excluding ortho intramolecular Hbond substituents is 2. The quantitative estimate of drug-likeness (QED) is 0.786. The fourth-order valence-electron chi connectivity index (χ4n) is 1.25. The van der Waals surface area contributed by atoms with Gasteiger partial charge in [0, 0.05) is 0 Å². The van der Waals surface area contributed by atoms with Gasteiger partial charge in [-0.3, -0.25) is 0 Å². The van der Waals surface area contributed by atoms with E-state index in [0.29, 0.717) is 11.5 Å². The third kappa shape index (κ3) is 3.34. The number of aromatic hydroxyl groups is 2. The van der Waals surface area contributed by atoms with Gasteiger partial charge in [0.15, 0.2) is 0 Å². The third-order valence-electron chi connectivity index (χ3n) is 2.12. The van der Waals surface area contributed by atoms with Gasteiger partial charge in [0.25, 0.3) is 0 Å². The summed E-state index contributed by atoms with van der Waals surface area (Å²) in [5.74, 6) is 1.61. The van der Waals surface area contributed by atoms with E-state index in [-0.39, 0.29) is 19.2 Å². The van der Waals surface area contributed by atoms with E-state index in [9.17, 15) is 0 Å². The second-order valence-corrected chi connectivity index (χ2v) is 3.39. The average molecular weight is 230 g/mol. The second-order valence-electron chi connectivity index (χ2n) is 3.39. The molecule has 0 aliphatic carbocycles. The van der Waals surface area contributed by atoms with E-state index in [1.807, 2.05) is 0 Å². The maximum absolute atomic E-state index is 9.08. The van der Waals surface area contributed by atoms with Crippen molar-refractivity contribution in [1.29, 1.82) is 0 Å². The minimum Gasteiger partial charge on any atom is -0.529 e. The summed E-state index contributed by atoms with van der Waals surface area (Å²) >= 11 is 0. The summed E-state index contributed by atoms with van der Waals surface area (Å²) in [7, 11) is 0.0650. The zero-order chi connectivity index (χ0) is 12.1. The van der Waals surface area contributed by atoms with Crippen LogP contribution in [0.25, 0.3) is 0 Å². The van der Waals surface area contributed by atoms with Gasteiger partial charge in [-0.05, 0) is 48.5 Å². The number of hydrogen-bond acceptors (Lipinski definition) is 4. The van der Waals surface area contributed by atoms with Crippen LogP contribution in [0.4, 0.5) is 0 Å². The lowest BCUT2D eigenvalue weighted by atomic mass is 10.3. The van der Waals surface area contributed by atoms with Crippen LogP contribution in [0.1, 0.15) is 0 Å². The largest absolute Gasteiger partial charge is 0.576 e. The van der Waals surface area contributed by atoms with Crippen molar-refractivity contribution in [3.63, 3.8) is 0 Å². The predicted octanol–water partition coefficient (Wildman–Crippen LogP) is 1.82. The normalized spacial score (nSPS) is 9.65. The van der Waals surface area contributed by atoms with Crippen LogP contribution in [0, 0.1) is 0 Å². The fraction of sp³-hybridized carbons (Fsp3) is 0. The first-order valence-corrected chi connectivity index (χ1v) is 5.08. The Balaban J connectivity index is 1.83. The summed E-state index contributed by atoms with van der Waals surface area (Å²) in [6, 6.07) is 12.7. The molecule has 5 heteroatoms. The van der Waals surface area contributed by atoms with Gasteiger partial charge in [0.05, 0.1) is 0 Å². The monoisotopic (exact) mass is 230 g/mol. The van der Waals surface area contributed by atoms with Crippen molar-refractivity contribution in [1.82, 2.24) is 0 Å². The Kier molecular flexibility index (Phi) is 3.40. The molecule has 2 aromatic rings. The van der Waals surface area contributed by atoms with Crippen LogP contribution < -0.4 is 9.31 Å². The van der Waals surface area contributed by atoms with E-state index in [4.69, 9.17) is 19.5 Å². The second kappa shape index (κ2) is 5.16. The molecule has 0 atom stereocenters. The molecule has 2 N–H and O–H groups in total. The molecule has 86 valence electrons. The molecule has 4 nitrogen and oxygen atoms in total. The van der Waals surface area contributed by atoms with Gasteiger partial charge in [-0.15, -0.1) is 0 Å². The molecule has 0 aromatic heterocycles. The smallest absolute Gasteiger partial charge is 0.529 e. The topological polar surface area (TPSA) is 58.9 Å². The minimum absolute atomic E-state index is 0.0650. The Labute approximate surface area is 99.4 Å². The zero-order valence-corrected chi connectivity index (χ0v) is 9.04. The van der Waals surface area contributed by atoms with Crippen molar-refractivity contribution in [2.45, 2.75) is 0 Å². The molecule has 2 aromatic carbocycles. The van der Waals surface area contributed by atoms with Crippen molar-refractivity contribution in [3.8, 4) is 23.0 Å². The van der Waals surface area contributed by atoms with Crippen LogP contribution >= 0.6 is 0 Å². The first kappa shape index (κ1) is 11.2. The molecule has 0 unspecified atom stereocenters. The van der Waals surface area contributed by atoms with Crippen LogP contribution in [0.15, 0.2) is 48.5 Å². The van der Waals surface area contributed by atoms with Crippen LogP contribution in [-0.2, 0) is 0 Å². The highest BCUT2D eigenvalue weighted by Crippen LogP contribution is 2.17. The van der Waals surface area contributed by atoms with Gasteiger partial charge in [0.1, 0.15) is 23.0 Å². The third-order valence-corrected chi connectivity index (χ3v) is 2.12. The van der Waals surface area contributed by atoms with E-state index < -0.39 is 0 Å². The predicted molar refractivity (Wildman–Crippen MR) is 64.6 cm³/mol. The van der Waals surface area contributed by atoms with Crippen molar-refractivity contribution in [2.75, 3.05) is 0 Å². The Bertz CT molecular complexity index is 421. The van der Waals surface area contributed by atoms with Crippen molar-refractivity contribution in [3.05, 3.63) is 48.5 Å². The van der Waals surface area contributed by atoms with Crippen molar-refractivity contribution < 1.29 is 19.5 Å². The molecular formula is C12H11BO4. The molecule has 2 rings (SSSR count). The van der Waals surface area contributed by atoms with Crippen LogP contribution in [0.2, 0.25) is 0 Å².